The number of rotatable bonds is 7. The fourth-order valence-electron chi connectivity index (χ4n) is 0.972. The summed E-state index contributed by atoms with van der Waals surface area (Å²) in [7, 11) is 0. The molecule has 2 amide bonds. The summed E-state index contributed by atoms with van der Waals surface area (Å²) in [6.45, 7) is 2.29. The molecule has 0 saturated heterocycles. The largest absolute Gasteiger partial charge is 0.401 e. The average Bonchev–Trinajstić information content (AvgIpc) is 2.22. The molecule has 0 fully saturated rings. The Kier molecular flexibility index (Phi) is 7.33. The third-order valence-electron chi connectivity index (χ3n) is 1.88. The maximum Gasteiger partial charge on any atom is 0.401 e. The molecule has 3 N–H and O–H groups in total. The highest BCUT2D eigenvalue weighted by molar-refractivity contribution is 5.79. The van der Waals surface area contributed by atoms with Gasteiger partial charge in [0.05, 0.1) is 13.1 Å². The van der Waals surface area contributed by atoms with Gasteiger partial charge in [0.15, 0.2) is 0 Å². The summed E-state index contributed by atoms with van der Waals surface area (Å²) < 4.78 is 35.2. The van der Waals surface area contributed by atoms with E-state index in [1.54, 1.807) is 13.8 Å². The number of alkyl halides is 3. The van der Waals surface area contributed by atoms with Gasteiger partial charge in [0.2, 0.25) is 11.8 Å². The predicted molar refractivity (Wildman–Crippen MR) is 59.8 cm³/mol. The van der Waals surface area contributed by atoms with E-state index in [0.29, 0.717) is 0 Å². The Labute approximate surface area is 103 Å². The van der Waals surface area contributed by atoms with Crippen molar-refractivity contribution in [2.24, 2.45) is 5.92 Å². The van der Waals surface area contributed by atoms with Crippen molar-refractivity contribution in [3.05, 3.63) is 0 Å². The van der Waals surface area contributed by atoms with Crippen molar-refractivity contribution in [1.29, 1.82) is 0 Å². The van der Waals surface area contributed by atoms with Gasteiger partial charge in [0.25, 0.3) is 0 Å². The quantitative estimate of drug-likeness (QED) is 0.571. The topological polar surface area (TPSA) is 70.2 Å². The zero-order chi connectivity index (χ0) is 14.2. The van der Waals surface area contributed by atoms with E-state index in [0.717, 1.165) is 0 Å². The van der Waals surface area contributed by atoms with E-state index in [-0.39, 0.29) is 24.9 Å². The first-order valence-electron chi connectivity index (χ1n) is 5.54. The summed E-state index contributed by atoms with van der Waals surface area (Å²) in [5, 5.41) is 6.91. The third kappa shape index (κ3) is 9.88. The predicted octanol–water partition coefficient (Wildman–Crippen LogP) is 0.0267. The van der Waals surface area contributed by atoms with E-state index in [2.05, 4.69) is 10.6 Å². The summed E-state index contributed by atoms with van der Waals surface area (Å²) in [6.07, 6.45) is -4.33. The molecule has 0 bridgehead atoms. The van der Waals surface area contributed by atoms with E-state index < -0.39 is 25.2 Å². The minimum Gasteiger partial charge on any atom is -0.354 e. The summed E-state index contributed by atoms with van der Waals surface area (Å²) in [6, 6.07) is 0. The van der Waals surface area contributed by atoms with E-state index in [9.17, 15) is 22.8 Å². The van der Waals surface area contributed by atoms with Crippen molar-refractivity contribution < 1.29 is 22.8 Å². The minimum absolute atomic E-state index is 0.139. The molecule has 0 saturated carbocycles. The van der Waals surface area contributed by atoms with Crippen molar-refractivity contribution in [3.8, 4) is 0 Å². The molecule has 0 rings (SSSR count). The Morgan fingerprint density at radius 2 is 1.67 bits per heavy atom. The molecule has 0 aliphatic carbocycles. The van der Waals surface area contributed by atoms with Crippen molar-refractivity contribution in [2.45, 2.75) is 20.0 Å². The van der Waals surface area contributed by atoms with Crippen LogP contribution in [0.25, 0.3) is 0 Å². The molecule has 0 aromatic rings. The molecule has 5 nitrogen and oxygen atoms in total. The van der Waals surface area contributed by atoms with Crippen LogP contribution in [0.3, 0.4) is 0 Å². The lowest BCUT2D eigenvalue weighted by Crippen LogP contribution is -2.41. The molecule has 0 unspecified atom stereocenters. The smallest absolute Gasteiger partial charge is 0.354 e. The summed E-state index contributed by atoms with van der Waals surface area (Å²) in [5.74, 6) is -0.827. The van der Waals surface area contributed by atoms with Crippen molar-refractivity contribution in [1.82, 2.24) is 16.0 Å². The van der Waals surface area contributed by atoms with Gasteiger partial charge in [0, 0.05) is 19.0 Å². The lowest BCUT2D eigenvalue weighted by molar-refractivity contribution is -0.129. The summed E-state index contributed by atoms with van der Waals surface area (Å²) >= 11 is 0. The maximum absolute atomic E-state index is 11.7. The van der Waals surface area contributed by atoms with Crippen LogP contribution in [0.15, 0.2) is 0 Å². The number of halogens is 3. The van der Waals surface area contributed by atoms with Crippen LogP contribution >= 0.6 is 0 Å². The van der Waals surface area contributed by atoms with Crippen LogP contribution < -0.4 is 16.0 Å². The van der Waals surface area contributed by atoms with Crippen LogP contribution in [0.5, 0.6) is 0 Å². The lowest BCUT2D eigenvalue weighted by Gasteiger charge is -2.10. The molecule has 0 radical (unpaired) electrons. The average molecular weight is 269 g/mol. The fourth-order valence-corrected chi connectivity index (χ4v) is 0.972. The van der Waals surface area contributed by atoms with Gasteiger partial charge in [-0.2, -0.15) is 13.2 Å². The van der Waals surface area contributed by atoms with Gasteiger partial charge in [0.1, 0.15) is 0 Å². The first-order valence-corrected chi connectivity index (χ1v) is 5.54. The van der Waals surface area contributed by atoms with Crippen molar-refractivity contribution in [2.75, 3.05) is 26.2 Å². The second-order valence-corrected chi connectivity index (χ2v) is 4.01. The fraction of sp³-hybridized carbons (Fsp3) is 0.800. The highest BCUT2D eigenvalue weighted by Crippen LogP contribution is 2.11. The monoisotopic (exact) mass is 269 g/mol. The third-order valence-corrected chi connectivity index (χ3v) is 1.88. The van der Waals surface area contributed by atoms with Gasteiger partial charge in [-0.15, -0.1) is 0 Å². The Morgan fingerprint density at radius 1 is 1.11 bits per heavy atom. The minimum atomic E-state index is -4.33. The second-order valence-electron chi connectivity index (χ2n) is 4.01. The molecule has 0 aliphatic heterocycles. The van der Waals surface area contributed by atoms with Gasteiger partial charge in [-0.1, -0.05) is 13.8 Å². The summed E-state index contributed by atoms with van der Waals surface area (Å²) in [5.41, 5.74) is 0. The molecule has 0 aromatic heterocycles. The van der Waals surface area contributed by atoms with Crippen LogP contribution in [-0.2, 0) is 9.59 Å². The first-order chi connectivity index (χ1) is 8.22. The normalized spacial score (nSPS) is 11.4. The summed E-state index contributed by atoms with van der Waals surface area (Å²) in [4.78, 5) is 22.2. The zero-order valence-electron chi connectivity index (χ0n) is 10.4. The van der Waals surface area contributed by atoms with Crippen LogP contribution in [0.1, 0.15) is 13.8 Å². The van der Waals surface area contributed by atoms with Crippen LogP contribution in [0, 0.1) is 5.92 Å². The molecule has 8 heteroatoms. The van der Waals surface area contributed by atoms with Crippen LogP contribution in [0.2, 0.25) is 0 Å². The molecule has 0 atom stereocenters. The van der Waals surface area contributed by atoms with Crippen molar-refractivity contribution in [3.63, 3.8) is 0 Å². The van der Waals surface area contributed by atoms with E-state index in [1.807, 2.05) is 5.32 Å². The van der Waals surface area contributed by atoms with Crippen LogP contribution in [-0.4, -0.2) is 44.2 Å². The molecule has 0 spiro atoms. The number of hydrogen-bond acceptors (Lipinski definition) is 3. The lowest BCUT2D eigenvalue weighted by atomic mass is 10.2. The maximum atomic E-state index is 11.7. The highest BCUT2D eigenvalue weighted by Gasteiger charge is 2.26. The zero-order valence-corrected chi connectivity index (χ0v) is 10.4. The Bertz CT molecular complexity index is 280. The first kappa shape index (κ1) is 16.7. The number of hydrogen-bond donors (Lipinski definition) is 3. The van der Waals surface area contributed by atoms with Gasteiger partial charge in [-0.3, -0.25) is 9.59 Å². The highest BCUT2D eigenvalue weighted by atomic mass is 19.4. The van der Waals surface area contributed by atoms with E-state index in [1.165, 1.54) is 0 Å². The van der Waals surface area contributed by atoms with E-state index in [4.69, 9.17) is 0 Å². The standard InChI is InChI=1S/C10H18F3N3O2/c1-7(2)9(18)16-4-3-15-8(17)5-14-6-10(11,12)13/h7,14H,3-6H2,1-2H3,(H,15,17)(H,16,18). The van der Waals surface area contributed by atoms with E-state index >= 15 is 0 Å². The molecule has 18 heavy (non-hydrogen) atoms. The van der Waals surface area contributed by atoms with Crippen LogP contribution in [0.4, 0.5) is 13.2 Å². The molecule has 0 aliphatic rings. The van der Waals surface area contributed by atoms with Crippen molar-refractivity contribution >= 4 is 11.8 Å². The molecule has 0 aromatic carbocycles. The molecular weight excluding hydrogens is 251 g/mol. The number of nitrogens with one attached hydrogen (secondary N) is 3. The van der Waals surface area contributed by atoms with Gasteiger partial charge >= 0.3 is 6.18 Å². The molecule has 106 valence electrons. The molecule has 0 heterocycles. The SMILES string of the molecule is CC(C)C(=O)NCCNC(=O)CNCC(F)(F)F. The number of amides is 2. The Balaban J connectivity index is 3.52. The Morgan fingerprint density at radius 3 is 2.17 bits per heavy atom. The van der Waals surface area contributed by atoms with Gasteiger partial charge in [-0.25, -0.2) is 0 Å². The Hall–Kier alpha value is -1.31. The van der Waals surface area contributed by atoms with Gasteiger partial charge < -0.3 is 16.0 Å². The van der Waals surface area contributed by atoms with Gasteiger partial charge in [-0.05, 0) is 0 Å². The molecular formula is C10H18F3N3O2. The number of carbonyl (C=O) groups excluding carboxylic acids is 2. The second kappa shape index (κ2) is 7.91. The number of carbonyl (C=O) groups is 2.